The molecule has 1 saturated heterocycles. The highest BCUT2D eigenvalue weighted by Gasteiger charge is 2.28. The van der Waals surface area contributed by atoms with Crippen molar-refractivity contribution in [2.24, 2.45) is 0 Å². The third-order valence-corrected chi connectivity index (χ3v) is 5.96. The van der Waals surface area contributed by atoms with E-state index in [1.54, 1.807) is 16.2 Å². The minimum absolute atomic E-state index is 0.0528. The maximum atomic E-state index is 13.3. The van der Waals surface area contributed by atoms with Gasteiger partial charge in [-0.05, 0) is 57.4 Å². The monoisotopic (exact) mass is 384 g/mol. The lowest BCUT2D eigenvalue weighted by molar-refractivity contribution is 0.0912. The summed E-state index contributed by atoms with van der Waals surface area (Å²) in [5.74, 6) is -0.114. The van der Waals surface area contributed by atoms with Gasteiger partial charge in [0.2, 0.25) is 0 Å². The van der Waals surface area contributed by atoms with Crippen LogP contribution in [0.2, 0.25) is 0 Å². The average Bonchev–Trinajstić information content (AvgIpc) is 3.37. The summed E-state index contributed by atoms with van der Waals surface area (Å²) in [4.78, 5) is 19.8. The average molecular weight is 385 g/mol. The fourth-order valence-corrected chi connectivity index (χ4v) is 4.52. The highest BCUT2D eigenvalue weighted by atomic mass is 32.1. The van der Waals surface area contributed by atoms with Crippen LogP contribution in [0, 0.1) is 13.8 Å². The van der Waals surface area contributed by atoms with Gasteiger partial charge in [0, 0.05) is 18.8 Å². The van der Waals surface area contributed by atoms with Gasteiger partial charge in [-0.1, -0.05) is 17.4 Å². The first kappa shape index (κ1) is 18.1. The summed E-state index contributed by atoms with van der Waals surface area (Å²) in [5.41, 5.74) is 3.55. The zero-order valence-corrected chi connectivity index (χ0v) is 16.8. The molecule has 4 rings (SSSR count). The predicted molar refractivity (Wildman–Crippen MR) is 108 cm³/mol. The third kappa shape index (κ3) is 3.61. The lowest BCUT2D eigenvalue weighted by Crippen LogP contribution is -2.37. The lowest BCUT2D eigenvalue weighted by Gasteiger charge is -2.22. The maximum Gasteiger partial charge on any atom is 0.280 e. The molecule has 1 aromatic carbocycles. The number of ether oxygens (including phenoxy) is 1. The molecule has 1 fully saturated rings. The van der Waals surface area contributed by atoms with Crippen LogP contribution in [0.15, 0.2) is 24.3 Å². The number of rotatable bonds is 5. The Balaban J connectivity index is 1.71. The van der Waals surface area contributed by atoms with Crippen molar-refractivity contribution in [1.29, 1.82) is 0 Å². The van der Waals surface area contributed by atoms with Gasteiger partial charge in [0.15, 0.2) is 10.8 Å². The number of hydrogen-bond donors (Lipinski definition) is 0. The summed E-state index contributed by atoms with van der Waals surface area (Å²) in [6.07, 6.45) is 2.06. The van der Waals surface area contributed by atoms with Crippen molar-refractivity contribution in [2.45, 2.75) is 46.3 Å². The standard InChI is InChI=1S/C20H24N4O2S/c1-4-24-14(3)11-17(22-24)19(25)23(12-15-6-5-9-26-15)20-21-16-8-7-13(2)10-18(16)27-20/h7-8,10-11,15H,4-6,9,12H2,1-3H3/t15-/m0/s1. The molecule has 3 aromatic rings. The van der Waals surface area contributed by atoms with Crippen molar-refractivity contribution < 1.29 is 9.53 Å². The molecule has 1 amide bonds. The number of benzene rings is 1. The Morgan fingerprint density at radius 2 is 2.22 bits per heavy atom. The molecule has 2 aromatic heterocycles. The largest absolute Gasteiger partial charge is 0.376 e. The van der Waals surface area contributed by atoms with Gasteiger partial charge >= 0.3 is 0 Å². The van der Waals surface area contributed by atoms with Gasteiger partial charge in [-0.15, -0.1) is 0 Å². The van der Waals surface area contributed by atoms with Gasteiger partial charge in [-0.3, -0.25) is 14.4 Å². The van der Waals surface area contributed by atoms with Crippen LogP contribution in [0.3, 0.4) is 0 Å². The molecule has 7 heteroatoms. The second-order valence-electron chi connectivity index (χ2n) is 7.01. The van der Waals surface area contributed by atoms with E-state index in [4.69, 9.17) is 9.72 Å². The highest BCUT2D eigenvalue weighted by molar-refractivity contribution is 7.22. The molecule has 1 atom stereocenters. The van der Waals surface area contributed by atoms with Crippen LogP contribution in [-0.2, 0) is 11.3 Å². The SMILES string of the molecule is CCn1nc(C(=O)N(C[C@@H]2CCCO2)c2nc3ccc(C)cc3s2)cc1C. The first-order chi connectivity index (χ1) is 13.0. The van der Waals surface area contributed by atoms with Crippen LogP contribution < -0.4 is 4.90 Å². The number of nitrogens with zero attached hydrogens (tertiary/aromatic N) is 4. The number of carbonyl (C=O) groups is 1. The quantitative estimate of drug-likeness (QED) is 0.668. The van der Waals surface area contributed by atoms with Gasteiger partial charge in [0.05, 0.1) is 22.9 Å². The summed E-state index contributed by atoms with van der Waals surface area (Å²) < 4.78 is 8.73. The molecule has 1 aliphatic rings. The van der Waals surface area contributed by atoms with Crippen LogP contribution in [0.1, 0.15) is 41.5 Å². The summed E-state index contributed by atoms with van der Waals surface area (Å²) in [6, 6.07) is 8.02. The zero-order chi connectivity index (χ0) is 19.0. The Labute approximate surface area is 162 Å². The highest BCUT2D eigenvalue weighted by Crippen LogP contribution is 2.31. The van der Waals surface area contributed by atoms with Crippen LogP contribution in [-0.4, -0.2) is 39.9 Å². The van der Waals surface area contributed by atoms with E-state index in [1.807, 2.05) is 36.7 Å². The van der Waals surface area contributed by atoms with Crippen LogP contribution in [0.25, 0.3) is 10.2 Å². The molecular formula is C20H24N4O2S. The van der Waals surface area contributed by atoms with Crippen molar-refractivity contribution in [2.75, 3.05) is 18.1 Å². The van der Waals surface area contributed by atoms with Gasteiger partial charge in [0.25, 0.3) is 5.91 Å². The molecule has 0 bridgehead atoms. The number of amides is 1. The predicted octanol–water partition coefficient (Wildman–Crippen LogP) is 3.96. The minimum atomic E-state index is -0.114. The van der Waals surface area contributed by atoms with E-state index in [2.05, 4.69) is 18.1 Å². The first-order valence-electron chi connectivity index (χ1n) is 9.40. The molecule has 6 nitrogen and oxygen atoms in total. The van der Waals surface area contributed by atoms with E-state index in [0.29, 0.717) is 17.4 Å². The van der Waals surface area contributed by atoms with Gasteiger partial charge in [-0.2, -0.15) is 5.10 Å². The fourth-order valence-electron chi connectivity index (χ4n) is 3.45. The number of anilines is 1. The number of aryl methyl sites for hydroxylation is 3. The van der Waals surface area contributed by atoms with E-state index >= 15 is 0 Å². The number of thiazole rings is 1. The second-order valence-corrected chi connectivity index (χ2v) is 8.01. The Morgan fingerprint density at radius 3 is 2.93 bits per heavy atom. The Hall–Kier alpha value is -2.25. The number of aromatic nitrogens is 3. The molecule has 27 heavy (non-hydrogen) atoms. The molecule has 0 saturated carbocycles. The zero-order valence-electron chi connectivity index (χ0n) is 15.9. The van der Waals surface area contributed by atoms with E-state index in [0.717, 1.165) is 41.9 Å². The Kier molecular flexibility index (Phi) is 4.97. The molecule has 3 heterocycles. The lowest BCUT2D eigenvalue weighted by atomic mass is 10.2. The Bertz CT molecular complexity index is 972. The normalized spacial score (nSPS) is 16.9. The fraction of sp³-hybridized carbons (Fsp3) is 0.450. The topological polar surface area (TPSA) is 60.2 Å². The van der Waals surface area contributed by atoms with E-state index < -0.39 is 0 Å². The summed E-state index contributed by atoms with van der Waals surface area (Å²) in [6.45, 7) is 8.07. The number of hydrogen-bond acceptors (Lipinski definition) is 5. The van der Waals surface area contributed by atoms with E-state index in [9.17, 15) is 4.79 Å². The number of carbonyl (C=O) groups excluding carboxylic acids is 1. The molecule has 0 N–H and O–H groups in total. The van der Waals surface area contributed by atoms with Crippen molar-refractivity contribution in [3.8, 4) is 0 Å². The minimum Gasteiger partial charge on any atom is -0.376 e. The van der Waals surface area contributed by atoms with Gasteiger partial charge < -0.3 is 4.74 Å². The maximum absolute atomic E-state index is 13.3. The molecule has 0 unspecified atom stereocenters. The molecule has 0 aliphatic carbocycles. The molecule has 1 aliphatic heterocycles. The van der Waals surface area contributed by atoms with Gasteiger partial charge in [0.1, 0.15) is 0 Å². The Morgan fingerprint density at radius 1 is 1.37 bits per heavy atom. The molecule has 0 spiro atoms. The van der Waals surface area contributed by atoms with Gasteiger partial charge in [-0.25, -0.2) is 4.98 Å². The van der Waals surface area contributed by atoms with Crippen molar-refractivity contribution in [1.82, 2.24) is 14.8 Å². The summed E-state index contributed by atoms with van der Waals surface area (Å²) in [5, 5.41) is 5.19. The van der Waals surface area contributed by atoms with E-state index in [1.165, 1.54) is 5.56 Å². The van der Waals surface area contributed by atoms with Crippen LogP contribution in [0.5, 0.6) is 0 Å². The summed E-state index contributed by atoms with van der Waals surface area (Å²) >= 11 is 1.55. The second kappa shape index (κ2) is 7.40. The smallest absolute Gasteiger partial charge is 0.280 e. The summed E-state index contributed by atoms with van der Waals surface area (Å²) in [7, 11) is 0. The first-order valence-corrected chi connectivity index (χ1v) is 10.2. The van der Waals surface area contributed by atoms with Crippen LogP contribution in [0.4, 0.5) is 5.13 Å². The third-order valence-electron chi connectivity index (χ3n) is 4.92. The molecular weight excluding hydrogens is 360 g/mol. The molecule has 0 radical (unpaired) electrons. The van der Waals surface area contributed by atoms with Crippen LogP contribution >= 0.6 is 11.3 Å². The van der Waals surface area contributed by atoms with Crippen molar-refractivity contribution >= 4 is 32.6 Å². The van der Waals surface area contributed by atoms with Crippen molar-refractivity contribution in [3.05, 3.63) is 41.2 Å². The molecule has 142 valence electrons. The van der Waals surface area contributed by atoms with E-state index in [-0.39, 0.29) is 12.0 Å². The van der Waals surface area contributed by atoms with Crippen molar-refractivity contribution in [3.63, 3.8) is 0 Å². The number of fused-ring (bicyclic) bond motifs is 1.